The Labute approximate surface area is 118 Å². The molecule has 2 nitrogen and oxygen atoms in total. The minimum atomic E-state index is -0.216. The van der Waals surface area contributed by atoms with Gasteiger partial charge in [0.2, 0.25) is 0 Å². The number of hydrogen-bond donors (Lipinski definition) is 1. The van der Waals surface area contributed by atoms with E-state index in [0.29, 0.717) is 23.7 Å². The predicted molar refractivity (Wildman–Crippen MR) is 73.9 cm³/mol. The Hall–Kier alpha value is -0.970. The number of nitrogens with one attached hydrogen (secondary N) is 1. The first-order valence-electron chi connectivity index (χ1n) is 5.40. The number of nitrogens with zero attached hydrogens (tertiary/aromatic N) is 1. The maximum Gasteiger partial charge on any atom is 0.127 e. The van der Waals surface area contributed by atoms with Gasteiger partial charge in [0.25, 0.3) is 0 Å². The summed E-state index contributed by atoms with van der Waals surface area (Å²) in [5.41, 5.74) is 1.57. The van der Waals surface area contributed by atoms with Crippen LogP contribution in [0.25, 0.3) is 0 Å². The molecule has 1 aromatic heterocycles. The monoisotopic (exact) mass is 328 g/mol. The summed E-state index contributed by atoms with van der Waals surface area (Å²) in [5, 5.41) is 3.76. The summed E-state index contributed by atoms with van der Waals surface area (Å²) in [5.74, 6) is -0.216. The molecule has 1 aromatic carbocycles. The second-order valence-corrected chi connectivity index (χ2v) is 5.13. The largest absolute Gasteiger partial charge is 0.308 e. The Kier molecular flexibility index (Phi) is 4.69. The van der Waals surface area contributed by atoms with Crippen LogP contribution in [0.5, 0.6) is 0 Å². The van der Waals surface area contributed by atoms with Crippen LogP contribution in [0.15, 0.2) is 41.1 Å². The molecule has 2 rings (SSSR count). The third-order valence-corrected chi connectivity index (χ3v) is 3.33. The van der Waals surface area contributed by atoms with Gasteiger partial charge in [-0.15, -0.1) is 0 Å². The van der Waals surface area contributed by atoms with Gasteiger partial charge in [-0.2, -0.15) is 0 Å². The van der Waals surface area contributed by atoms with E-state index in [4.69, 9.17) is 11.6 Å². The van der Waals surface area contributed by atoms with Crippen molar-refractivity contribution < 1.29 is 4.39 Å². The van der Waals surface area contributed by atoms with E-state index in [9.17, 15) is 4.39 Å². The van der Waals surface area contributed by atoms with Crippen LogP contribution in [-0.2, 0) is 13.1 Å². The van der Waals surface area contributed by atoms with Crippen molar-refractivity contribution in [2.24, 2.45) is 0 Å². The smallest absolute Gasteiger partial charge is 0.127 e. The summed E-state index contributed by atoms with van der Waals surface area (Å²) >= 11 is 9.30. The normalized spacial score (nSPS) is 10.6. The van der Waals surface area contributed by atoms with Gasteiger partial charge in [0, 0.05) is 35.5 Å². The van der Waals surface area contributed by atoms with Crippen LogP contribution in [0.4, 0.5) is 4.39 Å². The Morgan fingerprint density at radius 3 is 2.78 bits per heavy atom. The van der Waals surface area contributed by atoms with Crippen molar-refractivity contribution in [3.8, 4) is 0 Å². The quantitative estimate of drug-likeness (QED) is 0.919. The van der Waals surface area contributed by atoms with Crippen molar-refractivity contribution in [2.45, 2.75) is 13.1 Å². The molecule has 5 heteroatoms. The topological polar surface area (TPSA) is 24.9 Å². The second-order valence-electron chi connectivity index (χ2n) is 3.81. The zero-order chi connectivity index (χ0) is 13.0. The molecule has 0 aliphatic heterocycles. The molecule has 0 atom stereocenters. The molecule has 94 valence electrons. The van der Waals surface area contributed by atoms with E-state index in [1.165, 1.54) is 6.07 Å². The lowest BCUT2D eigenvalue weighted by molar-refractivity contribution is 0.587. The number of hydrogen-bond acceptors (Lipinski definition) is 2. The lowest BCUT2D eigenvalue weighted by Crippen LogP contribution is -2.14. The average Bonchev–Trinajstić information content (AvgIpc) is 2.36. The van der Waals surface area contributed by atoms with Crippen molar-refractivity contribution in [1.82, 2.24) is 10.3 Å². The second kappa shape index (κ2) is 6.27. The number of benzene rings is 1. The van der Waals surface area contributed by atoms with Crippen LogP contribution in [0.1, 0.15) is 11.1 Å². The fourth-order valence-corrected chi connectivity index (χ4v) is 2.15. The molecule has 1 heterocycles. The molecular weight excluding hydrogens is 319 g/mol. The third kappa shape index (κ3) is 3.51. The van der Waals surface area contributed by atoms with Gasteiger partial charge in [0.1, 0.15) is 5.82 Å². The summed E-state index contributed by atoms with van der Waals surface area (Å²) in [7, 11) is 0. The van der Waals surface area contributed by atoms with Gasteiger partial charge in [-0.3, -0.25) is 4.98 Å². The molecule has 0 radical (unpaired) electrons. The first-order valence-corrected chi connectivity index (χ1v) is 6.57. The Morgan fingerprint density at radius 2 is 2.00 bits per heavy atom. The zero-order valence-corrected chi connectivity index (χ0v) is 11.8. The summed E-state index contributed by atoms with van der Waals surface area (Å²) in [6.07, 6.45) is 3.28. The van der Waals surface area contributed by atoms with E-state index in [-0.39, 0.29) is 5.82 Å². The Balaban J connectivity index is 1.96. The van der Waals surface area contributed by atoms with Gasteiger partial charge in [0.15, 0.2) is 0 Å². The van der Waals surface area contributed by atoms with Gasteiger partial charge in [-0.1, -0.05) is 27.5 Å². The highest BCUT2D eigenvalue weighted by Crippen LogP contribution is 2.16. The molecule has 0 aliphatic rings. The lowest BCUT2D eigenvalue weighted by Gasteiger charge is -2.07. The van der Waals surface area contributed by atoms with Crippen LogP contribution in [0.3, 0.4) is 0 Å². The van der Waals surface area contributed by atoms with Gasteiger partial charge >= 0.3 is 0 Å². The first kappa shape index (κ1) is 13.5. The standard InChI is InChI=1S/C13H11BrClFN2/c14-11-1-2-13(16)10(5-11)7-18-6-9-3-4-17-8-12(9)15/h1-5,8,18H,6-7H2. The van der Waals surface area contributed by atoms with Gasteiger partial charge in [-0.25, -0.2) is 4.39 Å². The van der Waals surface area contributed by atoms with Crippen molar-refractivity contribution in [1.29, 1.82) is 0 Å². The Morgan fingerprint density at radius 1 is 1.22 bits per heavy atom. The van der Waals surface area contributed by atoms with E-state index >= 15 is 0 Å². The van der Waals surface area contributed by atoms with Crippen LogP contribution in [0.2, 0.25) is 5.02 Å². The molecule has 0 saturated heterocycles. The number of rotatable bonds is 4. The highest BCUT2D eigenvalue weighted by atomic mass is 79.9. The van der Waals surface area contributed by atoms with Crippen LogP contribution < -0.4 is 5.32 Å². The molecule has 0 saturated carbocycles. The average molecular weight is 330 g/mol. The minimum Gasteiger partial charge on any atom is -0.308 e. The highest BCUT2D eigenvalue weighted by molar-refractivity contribution is 9.10. The molecule has 0 spiro atoms. The first-order chi connectivity index (χ1) is 8.66. The molecule has 0 unspecified atom stereocenters. The van der Waals surface area contributed by atoms with E-state index in [0.717, 1.165) is 10.0 Å². The summed E-state index contributed by atoms with van der Waals surface area (Å²) in [4.78, 5) is 3.91. The molecule has 18 heavy (non-hydrogen) atoms. The molecule has 0 bridgehead atoms. The van der Waals surface area contributed by atoms with Crippen molar-refractivity contribution in [3.63, 3.8) is 0 Å². The van der Waals surface area contributed by atoms with Gasteiger partial charge < -0.3 is 5.32 Å². The minimum absolute atomic E-state index is 0.216. The third-order valence-electron chi connectivity index (χ3n) is 2.50. The molecular formula is C13H11BrClFN2. The number of halogens is 3. The maximum absolute atomic E-state index is 13.5. The fourth-order valence-electron chi connectivity index (χ4n) is 1.56. The lowest BCUT2D eigenvalue weighted by atomic mass is 10.2. The van der Waals surface area contributed by atoms with Crippen LogP contribution in [-0.4, -0.2) is 4.98 Å². The van der Waals surface area contributed by atoms with E-state index < -0.39 is 0 Å². The van der Waals surface area contributed by atoms with Crippen molar-refractivity contribution in [2.75, 3.05) is 0 Å². The van der Waals surface area contributed by atoms with Crippen molar-refractivity contribution in [3.05, 3.63) is 63.1 Å². The fraction of sp³-hybridized carbons (Fsp3) is 0.154. The molecule has 0 aliphatic carbocycles. The SMILES string of the molecule is Fc1ccc(Br)cc1CNCc1ccncc1Cl. The Bertz CT molecular complexity index is 548. The van der Waals surface area contributed by atoms with Gasteiger partial charge in [0.05, 0.1) is 5.02 Å². The number of aromatic nitrogens is 1. The van der Waals surface area contributed by atoms with Crippen LogP contribution in [0, 0.1) is 5.82 Å². The van der Waals surface area contributed by atoms with E-state index in [1.807, 2.05) is 6.07 Å². The maximum atomic E-state index is 13.5. The predicted octanol–water partition coefficient (Wildman–Crippen LogP) is 3.93. The van der Waals surface area contributed by atoms with Crippen LogP contribution >= 0.6 is 27.5 Å². The molecule has 2 aromatic rings. The molecule has 0 amide bonds. The van der Waals surface area contributed by atoms with Gasteiger partial charge in [-0.05, 0) is 29.8 Å². The van der Waals surface area contributed by atoms with E-state index in [2.05, 4.69) is 26.2 Å². The van der Waals surface area contributed by atoms with Crippen molar-refractivity contribution >= 4 is 27.5 Å². The zero-order valence-electron chi connectivity index (χ0n) is 9.46. The summed E-state index contributed by atoms with van der Waals surface area (Å²) < 4.78 is 14.3. The highest BCUT2D eigenvalue weighted by Gasteiger charge is 2.03. The number of pyridine rings is 1. The van der Waals surface area contributed by atoms with E-state index in [1.54, 1.807) is 24.5 Å². The molecule has 1 N–H and O–H groups in total. The summed E-state index contributed by atoms with van der Waals surface area (Å²) in [6, 6.07) is 6.72. The molecule has 0 fully saturated rings. The summed E-state index contributed by atoms with van der Waals surface area (Å²) in [6.45, 7) is 1.03.